The minimum absolute atomic E-state index is 0.0179. The summed E-state index contributed by atoms with van der Waals surface area (Å²) in [6, 6.07) is 2.80. The van der Waals surface area contributed by atoms with E-state index in [-0.39, 0.29) is 12.2 Å². The molecule has 1 N–H and O–H groups in total. The fraction of sp³-hybridized carbons (Fsp3) is 0.417. The Bertz CT molecular complexity index is 404. The molecule has 94 valence electrons. The monoisotopic (exact) mass is 242 g/mol. The van der Waals surface area contributed by atoms with Gasteiger partial charge < -0.3 is 14.6 Å². The van der Waals surface area contributed by atoms with E-state index in [0.717, 1.165) is 0 Å². The second-order valence-corrected chi connectivity index (χ2v) is 3.52. The summed E-state index contributed by atoms with van der Waals surface area (Å²) in [4.78, 5) is 11.3. The number of hydrogen-bond acceptors (Lipinski definition) is 4. The summed E-state index contributed by atoms with van der Waals surface area (Å²) in [5, 5.41) is 8.61. The maximum atomic E-state index is 13.6. The van der Waals surface area contributed by atoms with Gasteiger partial charge in [0.2, 0.25) is 0 Å². The maximum Gasteiger partial charge on any atom is 0.340 e. The number of esters is 1. The third-order valence-corrected chi connectivity index (χ3v) is 2.20. The van der Waals surface area contributed by atoms with Gasteiger partial charge in [-0.25, -0.2) is 9.18 Å². The van der Waals surface area contributed by atoms with Crippen LogP contribution in [0.1, 0.15) is 22.3 Å². The van der Waals surface area contributed by atoms with Gasteiger partial charge in [-0.05, 0) is 24.6 Å². The standard InChI is InChI=1S/C12H15FO4/c1-8-6-9(17-5-3-4-14)7-10(11(8)13)12(15)16-2/h6-7,14H,3-5H2,1-2H3. The molecule has 0 aliphatic carbocycles. The molecule has 1 rings (SSSR count). The van der Waals surface area contributed by atoms with Crippen LogP contribution in [0.4, 0.5) is 4.39 Å². The predicted octanol–water partition coefficient (Wildman–Crippen LogP) is 1.68. The van der Waals surface area contributed by atoms with Crippen LogP contribution in [0.2, 0.25) is 0 Å². The second-order valence-electron chi connectivity index (χ2n) is 3.52. The number of ether oxygens (including phenoxy) is 2. The van der Waals surface area contributed by atoms with Gasteiger partial charge in [0.25, 0.3) is 0 Å². The molecule has 0 atom stereocenters. The Morgan fingerprint density at radius 2 is 2.18 bits per heavy atom. The van der Waals surface area contributed by atoms with E-state index < -0.39 is 11.8 Å². The minimum atomic E-state index is -0.738. The average Bonchev–Trinajstić information content (AvgIpc) is 2.32. The molecule has 0 aliphatic heterocycles. The molecule has 1 aromatic carbocycles. The van der Waals surface area contributed by atoms with Gasteiger partial charge in [-0.2, -0.15) is 0 Å². The lowest BCUT2D eigenvalue weighted by Gasteiger charge is -2.09. The Morgan fingerprint density at radius 3 is 2.76 bits per heavy atom. The Kier molecular flexibility index (Phi) is 4.90. The number of carbonyl (C=O) groups is 1. The molecule has 0 aliphatic rings. The normalized spacial score (nSPS) is 10.1. The van der Waals surface area contributed by atoms with Crippen molar-refractivity contribution in [2.45, 2.75) is 13.3 Å². The summed E-state index contributed by atoms with van der Waals surface area (Å²) in [6.07, 6.45) is 0.476. The molecular weight excluding hydrogens is 227 g/mol. The van der Waals surface area contributed by atoms with Crippen LogP contribution in [0.25, 0.3) is 0 Å². The van der Waals surface area contributed by atoms with Crippen LogP contribution in [0.5, 0.6) is 5.75 Å². The number of methoxy groups -OCH3 is 1. The number of benzene rings is 1. The molecule has 1 aromatic rings. The van der Waals surface area contributed by atoms with Crippen LogP contribution < -0.4 is 4.74 Å². The van der Waals surface area contributed by atoms with Crippen molar-refractivity contribution < 1.29 is 23.8 Å². The number of hydrogen-bond donors (Lipinski definition) is 1. The predicted molar refractivity (Wildman–Crippen MR) is 59.7 cm³/mol. The second kappa shape index (κ2) is 6.20. The van der Waals surface area contributed by atoms with E-state index >= 15 is 0 Å². The summed E-state index contributed by atoms with van der Waals surface area (Å²) in [7, 11) is 1.19. The third kappa shape index (κ3) is 3.42. The van der Waals surface area contributed by atoms with Crippen molar-refractivity contribution >= 4 is 5.97 Å². The number of aryl methyl sites for hydroxylation is 1. The van der Waals surface area contributed by atoms with Crippen LogP contribution in [-0.2, 0) is 4.74 Å². The highest BCUT2D eigenvalue weighted by atomic mass is 19.1. The van der Waals surface area contributed by atoms with E-state index in [2.05, 4.69) is 4.74 Å². The van der Waals surface area contributed by atoms with Crippen LogP contribution in [0, 0.1) is 12.7 Å². The molecule has 0 spiro atoms. The first-order valence-corrected chi connectivity index (χ1v) is 5.22. The Hall–Kier alpha value is -1.62. The van der Waals surface area contributed by atoms with Gasteiger partial charge >= 0.3 is 5.97 Å². The van der Waals surface area contributed by atoms with Gasteiger partial charge in [-0.3, -0.25) is 0 Å². The Morgan fingerprint density at radius 1 is 1.47 bits per heavy atom. The average molecular weight is 242 g/mol. The lowest BCUT2D eigenvalue weighted by Crippen LogP contribution is -2.07. The largest absolute Gasteiger partial charge is 0.493 e. The molecule has 4 nitrogen and oxygen atoms in total. The molecule has 0 fully saturated rings. The Balaban J connectivity index is 2.93. The molecule has 0 heterocycles. The molecule has 5 heteroatoms. The molecule has 17 heavy (non-hydrogen) atoms. The molecule has 0 unspecified atom stereocenters. The van der Waals surface area contributed by atoms with Gasteiger partial charge in [0.05, 0.1) is 19.3 Å². The zero-order chi connectivity index (χ0) is 12.8. The fourth-order valence-electron chi connectivity index (χ4n) is 1.33. The highest BCUT2D eigenvalue weighted by Gasteiger charge is 2.16. The lowest BCUT2D eigenvalue weighted by molar-refractivity contribution is 0.0594. The number of aliphatic hydroxyl groups excluding tert-OH is 1. The van der Waals surface area contributed by atoms with Gasteiger partial charge in [-0.1, -0.05) is 0 Å². The number of carbonyl (C=O) groups excluding carboxylic acids is 1. The Labute approximate surface area is 99.0 Å². The van der Waals surface area contributed by atoms with Crippen molar-refractivity contribution in [1.29, 1.82) is 0 Å². The molecule has 0 aromatic heterocycles. The van der Waals surface area contributed by atoms with Crippen LogP contribution in [0.3, 0.4) is 0 Å². The van der Waals surface area contributed by atoms with E-state index in [0.29, 0.717) is 24.3 Å². The SMILES string of the molecule is COC(=O)c1cc(OCCCO)cc(C)c1F. The molecule has 0 saturated carbocycles. The first kappa shape index (κ1) is 13.4. The van der Waals surface area contributed by atoms with Crippen molar-refractivity contribution in [2.24, 2.45) is 0 Å². The van der Waals surface area contributed by atoms with E-state index in [4.69, 9.17) is 9.84 Å². The van der Waals surface area contributed by atoms with Gasteiger partial charge in [0.1, 0.15) is 11.6 Å². The van der Waals surface area contributed by atoms with Crippen molar-refractivity contribution in [3.05, 3.63) is 29.1 Å². The third-order valence-electron chi connectivity index (χ3n) is 2.20. The smallest absolute Gasteiger partial charge is 0.340 e. The molecule has 0 bridgehead atoms. The molecule has 0 radical (unpaired) electrons. The van der Waals surface area contributed by atoms with Crippen LogP contribution in [0.15, 0.2) is 12.1 Å². The molecule has 0 amide bonds. The van der Waals surface area contributed by atoms with E-state index in [1.165, 1.54) is 19.2 Å². The molecular formula is C12H15FO4. The van der Waals surface area contributed by atoms with E-state index in [9.17, 15) is 9.18 Å². The fourth-order valence-corrected chi connectivity index (χ4v) is 1.33. The summed E-state index contributed by atoms with van der Waals surface area (Å²) >= 11 is 0. The van der Waals surface area contributed by atoms with Crippen LogP contribution >= 0.6 is 0 Å². The summed E-state index contributed by atoms with van der Waals surface area (Å²) in [6.45, 7) is 1.87. The summed E-state index contributed by atoms with van der Waals surface area (Å²) in [5.41, 5.74) is 0.165. The van der Waals surface area contributed by atoms with Crippen molar-refractivity contribution in [3.8, 4) is 5.75 Å². The highest BCUT2D eigenvalue weighted by molar-refractivity contribution is 5.90. The number of aliphatic hydroxyl groups is 1. The number of rotatable bonds is 5. The number of halogens is 1. The van der Waals surface area contributed by atoms with Crippen molar-refractivity contribution in [3.63, 3.8) is 0 Å². The van der Waals surface area contributed by atoms with E-state index in [1.54, 1.807) is 6.92 Å². The van der Waals surface area contributed by atoms with Gasteiger partial charge in [0.15, 0.2) is 0 Å². The maximum absolute atomic E-state index is 13.6. The quantitative estimate of drug-likeness (QED) is 0.630. The highest BCUT2D eigenvalue weighted by Crippen LogP contribution is 2.21. The first-order valence-electron chi connectivity index (χ1n) is 5.22. The minimum Gasteiger partial charge on any atom is -0.493 e. The van der Waals surface area contributed by atoms with Crippen molar-refractivity contribution in [2.75, 3.05) is 20.3 Å². The topological polar surface area (TPSA) is 55.8 Å². The van der Waals surface area contributed by atoms with E-state index in [1.807, 2.05) is 0 Å². The van der Waals surface area contributed by atoms with Crippen LogP contribution in [-0.4, -0.2) is 31.4 Å². The zero-order valence-corrected chi connectivity index (χ0v) is 9.83. The summed E-state index contributed by atoms with van der Waals surface area (Å²) in [5.74, 6) is -0.956. The lowest BCUT2D eigenvalue weighted by atomic mass is 10.1. The van der Waals surface area contributed by atoms with Gasteiger partial charge in [-0.15, -0.1) is 0 Å². The van der Waals surface area contributed by atoms with Crippen molar-refractivity contribution in [1.82, 2.24) is 0 Å². The first-order chi connectivity index (χ1) is 8.10. The zero-order valence-electron chi connectivity index (χ0n) is 9.83. The molecule has 0 saturated heterocycles. The van der Waals surface area contributed by atoms with Gasteiger partial charge in [0, 0.05) is 13.0 Å². The summed E-state index contributed by atoms with van der Waals surface area (Å²) < 4.78 is 23.4.